The van der Waals surface area contributed by atoms with Crippen molar-refractivity contribution in [1.29, 1.82) is 0 Å². The van der Waals surface area contributed by atoms with Crippen LogP contribution in [-0.4, -0.2) is 25.3 Å². The average molecular weight is 389 g/mol. The molecule has 0 aromatic heterocycles. The molecule has 0 spiro atoms. The molecular weight excluding hydrogens is 374 g/mol. The fourth-order valence-electron chi connectivity index (χ4n) is 2.51. The number of ketones is 1. The number of nitrogens with two attached hydrogens (primary N) is 1. The van der Waals surface area contributed by atoms with Crippen LogP contribution in [0.2, 0.25) is 0 Å². The fraction of sp³-hybridized carbons (Fsp3) is 0.111. The Morgan fingerprint density at radius 3 is 2.33 bits per heavy atom. The van der Waals surface area contributed by atoms with E-state index in [4.69, 9.17) is 19.8 Å². The molecule has 1 unspecified atom stereocenters. The maximum Gasteiger partial charge on any atom is 0.335 e. The van der Waals surface area contributed by atoms with Crippen LogP contribution in [0.25, 0.3) is 0 Å². The van der Waals surface area contributed by atoms with Crippen molar-refractivity contribution in [3.63, 3.8) is 0 Å². The Kier molecular flexibility index (Phi) is 4.87. The van der Waals surface area contributed by atoms with Crippen molar-refractivity contribution in [2.45, 2.75) is 11.9 Å². The number of benzene rings is 2. The molecule has 0 radical (unpaired) electrons. The molecule has 1 aliphatic rings. The third-order valence-corrected chi connectivity index (χ3v) is 4.89. The molecule has 0 aliphatic carbocycles. The summed E-state index contributed by atoms with van der Waals surface area (Å²) in [5.41, 5.74) is 6.48. The van der Waals surface area contributed by atoms with Crippen LogP contribution in [0.15, 0.2) is 66.2 Å². The third-order valence-electron chi connectivity index (χ3n) is 3.79. The van der Waals surface area contributed by atoms with Crippen LogP contribution in [-0.2, 0) is 29.6 Å². The van der Waals surface area contributed by atoms with Gasteiger partial charge in [0.15, 0.2) is 6.10 Å². The monoisotopic (exact) mass is 389 g/mol. The Hall–Kier alpha value is -3.33. The van der Waals surface area contributed by atoms with E-state index in [9.17, 15) is 18.0 Å². The lowest BCUT2D eigenvalue weighted by Crippen LogP contribution is -2.16. The minimum Gasteiger partial charge on any atom is -0.478 e. The van der Waals surface area contributed by atoms with Crippen molar-refractivity contribution in [2.24, 2.45) is 5.73 Å². The first-order valence-electron chi connectivity index (χ1n) is 7.77. The summed E-state index contributed by atoms with van der Waals surface area (Å²) in [6, 6.07) is 13.7. The van der Waals surface area contributed by atoms with E-state index in [1.165, 1.54) is 24.3 Å². The number of Topliss-reactive ketones (excluding diaryl/α,β-unsaturated/α-hetero) is 1. The van der Waals surface area contributed by atoms with E-state index < -0.39 is 45.4 Å². The van der Waals surface area contributed by atoms with Crippen molar-refractivity contribution in [2.75, 3.05) is 0 Å². The predicted octanol–water partition coefficient (Wildman–Crippen LogP) is 1.70. The van der Waals surface area contributed by atoms with E-state index >= 15 is 0 Å². The van der Waals surface area contributed by atoms with Crippen molar-refractivity contribution in [3.8, 4) is 0 Å². The highest BCUT2D eigenvalue weighted by Gasteiger charge is 2.39. The Labute approximate surface area is 155 Å². The highest BCUT2D eigenvalue weighted by Crippen LogP contribution is 2.32. The van der Waals surface area contributed by atoms with Crippen LogP contribution in [0.4, 0.5) is 0 Å². The molecule has 8 nitrogen and oxygen atoms in total. The number of ether oxygens (including phenoxy) is 1. The zero-order valence-electron chi connectivity index (χ0n) is 13.9. The third kappa shape index (κ3) is 4.09. The average Bonchev–Trinajstić information content (AvgIpc) is 2.90. The highest BCUT2D eigenvalue weighted by molar-refractivity contribution is 7.86. The lowest BCUT2D eigenvalue weighted by Gasteiger charge is -2.10. The second-order valence-corrected chi connectivity index (χ2v) is 7.32. The minimum absolute atomic E-state index is 0.0343. The number of hydrogen-bond donors (Lipinski definition) is 2. The molecule has 9 heteroatoms. The van der Waals surface area contributed by atoms with Gasteiger partial charge in [-0.25, -0.2) is 4.79 Å². The first-order valence-corrected chi connectivity index (χ1v) is 9.34. The molecule has 0 saturated carbocycles. The van der Waals surface area contributed by atoms with E-state index in [1.54, 1.807) is 30.3 Å². The summed E-state index contributed by atoms with van der Waals surface area (Å²) in [6.45, 7) is 0. The molecular formula is C18H15NO7S. The van der Waals surface area contributed by atoms with Gasteiger partial charge in [0.25, 0.3) is 0 Å². The lowest BCUT2D eigenvalue weighted by molar-refractivity contribution is -0.123. The number of rotatable bonds is 6. The molecule has 3 rings (SSSR count). The highest BCUT2D eigenvalue weighted by atomic mass is 32.2. The van der Waals surface area contributed by atoms with Crippen molar-refractivity contribution < 1.29 is 32.0 Å². The molecule has 2 aromatic carbocycles. The number of carboxylic acid groups (broad SMARTS) is 1. The molecule has 0 amide bonds. The minimum atomic E-state index is -4.12. The summed E-state index contributed by atoms with van der Waals surface area (Å²) in [6.07, 6.45) is -1.20. The predicted molar refractivity (Wildman–Crippen MR) is 93.6 cm³/mol. The molecule has 1 aliphatic heterocycles. The smallest absolute Gasteiger partial charge is 0.335 e. The first kappa shape index (κ1) is 18.5. The molecule has 27 heavy (non-hydrogen) atoms. The van der Waals surface area contributed by atoms with Crippen LogP contribution < -0.4 is 5.73 Å². The van der Waals surface area contributed by atoms with E-state index in [0.717, 1.165) is 0 Å². The Balaban J connectivity index is 1.76. The molecule has 0 saturated heterocycles. The van der Waals surface area contributed by atoms with Gasteiger partial charge in [-0.1, -0.05) is 42.5 Å². The Morgan fingerprint density at radius 2 is 1.74 bits per heavy atom. The molecule has 2 aromatic rings. The van der Waals surface area contributed by atoms with Gasteiger partial charge in [0, 0.05) is 5.56 Å². The van der Waals surface area contributed by atoms with Gasteiger partial charge >= 0.3 is 16.1 Å². The first-order chi connectivity index (χ1) is 12.8. The van der Waals surface area contributed by atoms with E-state index in [-0.39, 0.29) is 5.56 Å². The summed E-state index contributed by atoms with van der Waals surface area (Å²) in [5.74, 6) is -3.33. The van der Waals surface area contributed by atoms with Gasteiger partial charge in [0.2, 0.25) is 17.4 Å². The molecule has 0 fully saturated rings. The zero-order valence-corrected chi connectivity index (χ0v) is 14.7. The van der Waals surface area contributed by atoms with E-state index in [0.29, 0.717) is 11.1 Å². The summed E-state index contributed by atoms with van der Waals surface area (Å²) < 4.78 is 34.6. The molecule has 3 N–H and O–H groups in total. The van der Waals surface area contributed by atoms with E-state index in [1.807, 2.05) is 0 Å². The van der Waals surface area contributed by atoms with Gasteiger partial charge in [0.1, 0.15) is 5.75 Å². The summed E-state index contributed by atoms with van der Waals surface area (Å²) >= 11 is 0. The molecule has 1 heterocycles. The molecule has 1 atom stereocenters. The van der Waals surface area contributed by atoms with Crippen molar-refractivity contribution in [3.05, 3.63) is 82.9 Å². The number of carbonyl (C=O) groups excluding carboxylic acids is 1. The van der Waals surface area contributed by atoms with Crippen LogP contribution in [0, 0.1) is 0 Å². The summed E-state index contributed by atoms with van der Waals surface area (Å²) in [4.78, 5) is 23.4. The normalized spacial score (nSPS) is 16.9. The summed E-state index contributed by atoms with van der Waals surface area (Å²) in [7, 11) is -4.12. The number of carbonyl (C=O) groups is 2. The number of carboxylic acids is 1. The summed E-state index contributed by atoms with van der Waals surface area (Å²) in [5, 5.41) is 8.91. The second-order valence-electron chi connectivity index (χ2n) is 5.75. The van der Waals surface area contributed by atoms with Gasteiger partial charge < -0.3 is 19.8 Å². The maximum absolute atomic E-state index is 12.5. The van der Waals surface area contributed by atoms with Crippen LogP contribution in [0.3, 0.4) is 0 Å². The Morgan fingerprint density at radius 1 is 1.11 bits per heavy atom. The second kappa shape index (κ2) is 7.12. The van der Waals surface area contributed by atoms with Gasteiger partial charge in [-0.3, -0.25) is 4.79 Å². The van der Waals surface area contributed by atoms with E-state index in [2.05, 4.69) is 0 Å². The number of aromatic carboxylic acids is 1. The van der Waals surface area contributed by atoms with Crippen LogP contribution >= 0.6 is 0 Å². The van der Waals surface area contributed by atoms with Gasteiger partial charge in [0.05, 0.1) is 5.56 Å². The van der Waals surface area contributed by atoms with Gasteiger partial charge in [-0.05, 0) is 17.7 Å². The van der Waals surface area contributed by atoms with Gasteiger partial charge in [-0.15, -0.1) is 0 Å². The molecule has 140 valence electrons. The SMILES string of the molecule is NC1=C(OS(=O)(=O)Cc2ccccc2)C(=O)C(c2ccc(C(=O)O)cc2)O1. The number of hydrogen-bond acceptors (Lipinski definition) is 7. The largest absolute Gasteiger partial charge is 0.478 e. The zero-order chi connectivity index (χ0) is 19.6. The van der Waals surface area contributed by atoms with Crippen LogP contribution in [0.5, 0.6) is 0 Å². The van der Waals surface area contributed by atoms with Crippen molar-refractivity contribution >= 4 is 21.9 Å². The standard InChI is InChI=1S/C18H15NO7S/c19-17-16(26-27(23,24)10-11-4-2-1-3-5-11)14(20)15(25-17)12-6-8-13(9-7-12)18(21)22/h1-9,15H,10,19H2,(H,21,22). The fourth-order valence-corrected chi connectivity index (χ4v) is 3.59. The van der Waals surface area contributed by atoms with Crippen molar-refractivity contribution in [1.82, 2.24) is 0 Å². The van der Waals surface area contributed by atoms with Crippen LogP contribution in [0.1, 0.15) is 27.6 Å². The lowest BCUT2D eigenvalue weighted by atomic mass is 10.0. The maximum atomic E-state index is 12.5. The quantitative estimate of drug-likeness (QED) is 0.713. The molecule has 0 bridgehead atoms. The van der Waals surface area contributed by atoms with Gasteiger partial charge in [-0.2, -0.15) is 8.42 Å². The Bertz CT molecular complexity index is 1010. The topological polar surface area (TPSA) is 133 Å².